The first-order valence-corrected chi connectivity index (χ1v) is 6.80. The maximum absolute atomic E-state index is 11.3. The molecule has 0 unspecified atom stereocenters. The van der Waals surface area contributed by atoms with E-state index >= 15 is 0 Å². The summed E-state index contributed by atoms with van der Waals surface area (Å²) in [5.74, 6) is -0.913. The van der Waals surface area contributed by atoms with Crippen molar-refractivity contribution in [1.29, 1.82) is 0 Å². The SMILES string of the molecule is Cc1cc(Cl)c(-c2cc(C(=O)O)c(C)cc2C)cc1C. The maximum Gasteiger partial charge on any atom is 0.335 e. The van der Waals surface area contributed by atoms with Crippen LogP contribution in [-0.2, 0) is 0 Å². The first-order valence-electron chi connectivity index (χ1n) is 6.43. The lowest BCUT2D eigenvalue weighted by molar-refractivity contribution is 0.0696. The Bertz CT molecular complexity index is 703. The van der Waals surface area contributed by atoms with Gasteiger partial charge in [-0.25, -0.2) is 4.79 Å². The molecule has 104 valence electrons. The molecule has 2 aromatic rings. The number of hydrogen-bond donors (Lipinski definition) is 1. The fraction of sp³-hybridized carbons (Fsp3) is 0.235. The zero-order valence-corrected chi connectivity index (χ0v) is 12.8. The molecular weight excluding hydrogens is 272 g/mol. The van der Waals surface area contributed by atoms with E-state index in [-0.39, 0.29) is 0 Å². The lowest BCUT2D eigenvalue weighted by Gasteiger charge is -2.13. The molecule has 0 aromatic heterocycles. The zero-order chi connectivity index (χ0) is 15.0. The minimum Gasteiger partial charge on any atom is -0.478 e. The van der Waals surface area contributed by atoms with Crippen molar-refractivity contribution in [2.24, 2.45) is 0 Å². The molecule has 20 heavy (non-hydrogen) atoms. The molecule has 0 spiro atoms. The summed E-state index contributed by atoms with van der Waals surface area (Å²) in [6.07, 6.45) is 0. The van der Waals surface area contributed by atoms with Gasteiger partial charge in [0.1, 0.15) is 0 Å². The standard InChI is InChI=1S/C17H17ClO2/c1-9-6-15(16(18)7-10(9)2)13-8-14(17(19)20)12(4)5-11(13)3/h5-8H,1-4H3,(H,19,20). The molecule has 0 saturated heterocycles. The Morgan fingerprint density at radius 2 is 1.45 bits per heavy atom. The molecule has 0 atom stereocenters. The molecule has 0 aliphatic rings. The summed E-state index contributed by atoms with van der Waals surface area (Å²) in [6.45, 7) is 7.81. The van der Waals surface area contributed by atoms with E-state index in [0.29, 0.717) is 10.6 Å². The van der Waals surface area contributed by atoms with Gasteiger partial charge in [0.2, 0.25) is 0 Å². The molecule has 0 radical (unpaired) electrons. The van der Waals surface area contributed by atoms with Crippen molar-refractivity contribution in [3.8, 4) is 11.1 Å². The van der Waals surface area contributed by atoms with Gasteiger partial charge in [-0.1, -0.05) is 17.7 Å². The number of aryl methyl sites for hydroxylation is 4. The summed E-state index contributed by atoms with van der Waals surface area (Å²) < 4.78 is 0. The zero-order valence-electron chi connectivity index (χ0n) is 12.0. The second-order valence-electron chi connectivity index (χ2n) is 5.20. The largest absolute Gasteiger partial charge is 0.478 e. The summed E-state index contributed by atoms with van der Waals surface area (Å²) in [4.78, 5) is 11.3. The minimum absolute atomic E-state index is 0.319. The third kappa shape index (κ3) is 2.56. The Hall–Kier alpha value is -1.80. The Balaban J connectivity index is 2.73. The first kappa shape index (κ1) is 14.6. The molecule has 0 bridgehead atoms. The fourth-order valence-electron chi connectivity index (χ4n) is 2.36. The van der Waals surface area contributed by atoms with Crippen LogP contribution >= 0.6 is 11.6 Å². The number of rotatable bonds is 2. The highest BCUT2D eigenvalue weighted by Gasteiger charge is 2.14. The van der Waals surface area contributed by atoms with Crippen LogP contribution in [0.5, 0.6) is 0 Å². The van der Waals surface area contributed by atoms with Gasteiger partial charge in [0.25, 0.3) is 0 Å². The number of benzene rings is 2. The molecule has 1 N–H and O–H groups in total. The minimum atomic E-state index is -0.913. The lowest BCUT2D eigenvalue weighted by Crippen LogP contribution is -2.01. The van der Waals surface area contributed by atoms with E-state index in [4.69, 9.17) is 11.6 Å². The smallest absolute Gasteiger partial charge is 0.335 e. The van der Waals surface area contributed by atoms with E-state index in [9.17, 15) is 9.90 Å². The fourth-order valence-corrected chi connectivity index (χ4v) is 2.68. The summed E-state index contributed by atoms with van der Waals surface area (Å²) in [5.41, 5.74) is 6.13. The second-order valence-corrected chi connectivity index (χ2v) is 5.61. The third-order valence-electron chi connectivity index (χ3n) is 3.68. The molecule has 0 amide bonds. The predicted molar refractivity (Wildman–Crippen MR) is 82.8 cm³/mol. The van der Waals surface area contributed by atoms with E-state index in [1.54, 1.807) is 6.07 Å². The van der Waals surface area contributed by atoms with Crippen LogP contribution < -0.4 is 0 Å². The third-order valence-corrected chi connectivity index (χ3v) is 3.99. The average Bonchev–Trinajstić information content (AvgIpc) is 2.34. The molecule has 0 heterocycles. The lowest BCUT2D eigenvalue weighted by atomic mass is 9.93. The van der Waals surface area contributed by atoms with Crippen molar-refractivity contribution in [1.82, 2.24) is 0 Å². The van der Waals surface area contributed by atoms with Crippen LogP contribution in [0.3, 0.4) is 0 Å². The molecule has 2 rings (SSSR count). The summed E-state index contributed by atoms with van der Waals surface area (Å²) in [7, 11) is 0. The van der Waals surface area contributed by atoms with Gasteiger partial charge in [-0.2, -0.15) is 0 Å². The van der Waals surface area contributed by atoms with Gasteiger partial charge in [0, 0.05) is 10.6 Å². The van der Waals surface area contributed by atoms with Crippen LogP contribution in [0.25, 0.3) is 11.1 Å². The molecule has 0 aliphatic carbocycles. The number of carbonyl (C=O) groups is 1. The van der Waals surface area contributed by atoms with E-state index in [1.807, 2.05) is 45.9 Å². The van der Waals surface area contributed by atoms with Crippen LogP contribution in [0.4, 0.5) is 0 Å². The molecule has 0 fully saturated rings. The summed E-state index contributed by atoms with van der Waals surface area (Å²) in [5, 5.41) is 9.91. The van der Waals surface area contributed by atoms with Gasteiger partial charge < -0.3 is 5.11 Å². The topological polar surface area (TPSA) is 37.3 Å². The highest BCUT2D eigenvalue weighted by molar-refractivity contribution is 6.33. The van der Waals surface area contributed by atoms with Crippen molar-refractivity contribution < 1.29 is 9.90 Å². The van der Waals surface area contributed by atoms with Crippen LogP contribution in [0.1, 0.15) is 32.6 Å². The van der Waals surface area contributed by atoms with E-state index in [0.717, 1.165) is 33.4 Å². The Morgan fingerprint density at radius 1 is 0.850 bits per heavy atom. The number of hydrogen-bond acceptors (Lipinski definition) is 1. The van der Waals surface area contributed by atoms with Crippen LogP contribution in [-0.4, -0.2) is 11.1 Å². The predicted octanol–water partition coefficient (Wildman–Crippen LogP) is 4.94. The molecular formula is C17H17ClO2. The van der Waals surface area contributed by atoms with Crippen molar-refractivity contribution in [3.63, 3.8) is 0 Å². The second kappa shape index (κ2) is 5.29. The van der Waals surface area contributed by atoms with Crippen LogP contribution in [0, 0.1) is 27.7 Å². The van der Waals surface area contributed by atoms with Crippen molar-refractivity contribution in [3.05, 3.63) is 57.1 Å². The van der Waals surface area contributed by atoms with Gasteiger partial charge in [-0.15, -0.1) is 0 Å². The number of carboxylic acid groups (broad SMARTS) is 1. The van der Waals surface area contributed by atoms with Gasteiger partial charge in [0.05, 0.1) is 5.56 Å². The van der Waals surface area contributed by atoms with Crippen molar-refractivity contribution in [2.75, 3.05) is 0 Å². The van der Waals surface area contributed by atoms with Gasteiger partial charge >= 0.3 is 5.97 Å². The van der Waals surface area contributed by atoms with Gasteiger partial charge in [-0.05, 0) is 73.7 Å². The number of halogens is 1. The van der Waals surface area contributed by atoms with Crippen LogP contribution in [0.2, 0.25) is 5.02 Å². The average molecular weight is 289 g/mol. The highest BCUT2D eigenvalue weighted by atomic mass is 35.5. The Labute approximate surface area is 124 Å². The van der Waals surface area contributed by atoms with E-state index < -0.39 is 5.97 Å². The normalized spacial score (nSPS) is 10.7. The van der Waals surface area contributed by atoms with Gasteiger partial charge in [-0.3, -0.25) is 0 Å². The molecule has 2 aromatic carbocycles. The number of carboxylic acids is 1. The summed E-state index contributed by atoms with van der Waals surface area (Å²) >= 11 is 6.33. The van der Waals surface area contributed by atoms with Gasteiger partial charge in [0.15, 0.2) is 0 Å². The Kier molecular flexibility index (Phi) is 3.87. The monoisotopic (exact) mass is 288 g/mol. The molecule has 2 nitrogen and oxygen atoms in total. The Morgan fingerprint density at radius 3 is 2.05 bits per heavy atom. The highest BCUT2D eigenvalue weighted by Crippen LogP contribution is 2.34. The number of aromatic carboxylic acids is 1. The maximum atomic E-state index is 11.3. The van der Waals surface area contributed by atoms with E-state index in [1.165, 1.54) is 0 Å². The van der Waals surface area contributed by atoms with Crippen molar-refractivity contribution >= 4 is 17.6 Å². The summed E-state index contributed by atoms with van der Waals surface area (Å²) in [6, 6.07) is 7.54. The molecule has 3 heteroatoms. The van der Waals surface area contributed by atoms with Crippen LogP contribution in [0.15, 0.2) is 24.3 Å². The quantitative estimate of drug-likeness (QED) is 0.850. The van der Waals surface area contributed by atoms with Crippen molar-refractivity contribution in [2.45, 2.75) is 27.7 Å². The first-order chi connectivity index (χ1) is 9.31. The molecule has 0 saturated carbocycles. The molecule has 0 aliphatic heterocycles. The van der Waals surface area contributed by atoms with E-state index in [2.05, 4.69) is 0 Å².